The first kappa shape index (κ1) is 19.1. The van der Waals surface area contributed by atoms with Crippen LogP contribution in [-0.4, -0.2) is 62.8 Å². The maximum absolute atomic E-state index is 12.8. The summed E-state index contributed by atoms with van der Waals surface area (Å²) in [5.74, 6) is -0.623. The number of carbonyl (C=O) groups excluding carboxylic acids is 2. The van der Waals surface area contributed by atoms with Crippen LogP contribution in [-0.2, 0) is 14.8 Å². The van der Waals surface area contributed by atoms with Crippen molar-refractivity contribution in [3.8, 4) is 0 Å². The summed E-state index contributed by atoms with van der Waals surface area (Å²) >= 11 is 0. The zero-order valence-corrected chi connectivity index (χ0v) is 15.7. The number of hydrogen-bond donors (Lipinski definition) is 0. The van der Waals surface area contributed by atoms with E-state index in [2.05, 4.69) is 4.74 Å². The van der Waals surface area contributed by atoms with Crippen LogP contribution in [0, 0.1) is 0 Å². The highest BCUT2D eigenvalue weighted by Crippen LogP contribution is 2.19. The van der Waals surface area contributed by atoms with E-state index in [9.17, 15) is 18.0 Å². The Kier molecular flexibility index (Phi) is 5.57. The van der Waals surface area contributed by atoms with E-state index in [1.165, 1.54) is 35.7 Å². The monoisotopic (exact) mass is 388 g/mol. The molecule has 0 aliphatic carbocycles. The molecule has 1 saturated heterocycles. The molecule has 0 atom stereocenters. The molecule has 3 rings (SSSR count). The van der Waals surface area contributed by atoms with E-state index in [0.29, 0.717) is 18.7 Å². The van der Waals surface area contributed by atoms with Crippen molar-refractivity contribution in [1.29, 1.82) is 0 Å². The third-order valence-corrected chi connectivity index (χ3v) is 6.37. The van der Waals surface area contributed by atoms with Gasteiger partial charge in [-0.25, -0.2) is 13.2 Å². The molecule has 0 saturated carbocycles. The van der Waals surface area contributed by atoms with E-state index in [-0.39, 0.29) is 29.5 Å². The van der Waals surface area contributed by atoms with Gasteiger partial charge in [-0.2, -0.15) is 4.31 Å². The Bertz CT molecular complexity index is 918. The van der Waals surface area contributed by atoms with Gasteiger partial charge in [-0.3, -0.25) is 4.79 Å². The molecule has 1 fully saturated rings. The summed E-state index contributed by atoms with van der Waals surface area (Å²) in [4.78, 5) is 25.7. The van der Waals surface area contributed by atoms with Gasteiger partial charge in [-0.15, -0.1) is 0 Å². The number of esters is 1. The summed E-state index contributed by atoms with van der Waals surface area (Å²) in [5, 5.41) is 0. The normalized spacial score (nSPS) is 15.4. The lowest BCUT2D eigenvalue weighted by Crippen LogP contribution is -2.50. The fourth-order valence-electron chi connectivity index (χ4n) is 2.92. The van der Waals surface area contributed by atoms with Crippen molar-refractivity contribution < 1.29 is 22.7 Å². The maximum Gasteiger partial charge on any atom is 0.337 e. The largest absolute Gasteiger partial charge is 0.465 e. The van der Waals surface area contributed by atoms with E-state index in [4.69, 9.17) is 0 Å². The van der Waals surface area contributed by atoms with Gasteiger partial charge in [0.2, 0.25) is 10.0 Å². The van der Waals surface area contributed by atoms with Crippen LogP contribution in [0.5, 0.6) is 0 Å². The molecule has 1 amide bonds. The van der Waals surface area contributed by atoms with Crippen molar-refractivity contribution in [2.24, 2.45) is 0 Å². The first-order valence-corrected chi connectivity index (χ1v) is 9.90. The minimum Gasteiger partial charge on any atom is -0.465 e. The number of methoxy groups -OCH3 is 1. The zero-order valence-electron chi connectivity index (χ0n) is 14.9. The molecule has 1 aliphatic heterocycles. The summed E-state index contributed by atoms with van der Waals surface area (Å²) < 4.78 is 31.6. The predicted molar refractivity (Wildman–Crippen MR) is 98.9 cm³/mol. The van der Waals surface area contributed by atoms with Crippen molar-refractivity contribution in [2.75, 3.05) is 33.3 Å². The highest BCUT2D eigenvalue weighted by atomic mass is 32.2. The van der Waals surface area contributed by atoms with Gasteiger partial charge in [0.25, 0.3) is 5.91 Å². The molecular formula is C19H20N2O5S. The van der Waals surface area contributed by atoms with Gasteiger partial charge in [-0.05, 0) is 36.4 Å². The van der Waals surface area contributed by atoms with E-state index in [1.807, 2.05) is 6.07 Å². The van der Waals surface area contributed by atoms with E-state index < -0.39 is 16.0 Å². The molecule has 142 valence electrons. The summed E-state index contributed by atoms with van der Waals surface area (Å²) in [5.41, 5.74) is 0.877. The minimum atomic E-state index is -3.68. The van der Waals surface area contributed by atoms with Crippen LogP contribution in [0.15, 0.2) is 59.5 Å². The van der Waals surface area contributed by atoms with Crippen molar-refractivity contribution in [2.45, 2.75) is 4.90 Å². The Morgan fingerprint density at radius 3 is 2.00 bits per heavy atom. The lowest BCUT2D eigenvalue weighted by atomic mass is 10.2. The average Bonchev–Trinajstić information content (AvgIpc) is 2.73. The van der Waals surface area contributed by atoms with Gasteiger partial charge in [0.05, 0.1) is 17.6 Å². The molecule has 2 aromatic carbocycles. The predicted octanol–water partition coefficient (Wildman–Crippen LogP) is 1.62. The molecule has 2 aromatic rings. The van der Waals surface area contributed by atoms with Gasteiger partial charge < -0.3 is 9.64 Å². The second-order valence-corrected chi connectivity index (χ2v) is 8.02. The van der Waals surface area contributed by atoms with Crippen molar-refractivity contribution >= 4 is 21.9 Å². The Hall–Kier alpha value is -2.71. The molecule has 0 spiro atoms. The van der Waals surface area contributed by atoms with Gasteiger partial charge in [0, 0.05) is 31.7 Å². The molecule has 1 aliphatic rings. The van der Waals surface area contributed by atoms with E-state index >= 15 is 0 Å². The molecule has 7 nitrogen and oxygen atoms in total. The highest BCUT2D eigenvalue weighted by Gasteiger charge is 2.30. The molecule has 0 radical (unpaired) electrons. The first-order chi connectivity index (χ1) is 12.9. The lowest BCUT2D eigenvalue weighted by molar-refractivity contribution is 0.0600. The van der Waals surface area contributed by atoms with Crippen molar-refractivity contribution in [1.82, 2.24) is 9.21 Å². The van der Waals surface area contributed by atoms with Crippen molar-refractivity contribution in [3.05, 3.63) is 65.7 Å². The summed E-state index contributed by atoms with van der Waals surface area (Å²) in [7, 11) is -2.41. The fraction of sp³-hybridized carbons (Fsp3) is 0.263. The van der Waals surface area contributed by atoms with Crippen LogP contribution in [0.3, 0.4) is 0 Å². The zero-order chi connectivity index (χ0) is 19.4. The first-order valence-electron chi connectivity index (χ1n) is 8.46. The van der Waals surface area contributed by atoms with Gasteiger partial charge in [0.15, 0.2) is 0 Å². The fourth-order valence-corrected chi connectivity index (χ4v) is 4.35. The second kappa shape index (κ2) is 7.89. The van der Waals surface area contributed by atoms with E-state index in [0.717, 1.165) is 0 Å². The van der Waals surface area contributed by atoms with Crippen LogP contribution in [0.1, 0.15) is 20.7 Å². The van der Waals surface area contributed by atoms with Crippen molar-refractivity contribution in [3.63, 3.8) is 0 Å². The molecule has 0 unspecified atom stereocenters. The number of piperazine rings is 1. The van der Waals surface area contributed by atoms with Gasteiger partial charge in [0.1, 0.15) is 0 Å². The van der Waals surface area contributed by atoms with Gasteiger partial charge in [-0.1, -0.05) is 18.2 Å². The molecule has 8 heteroatoms. The number of amides is 1. The van der Waals surface area contributed by atoms with Crippen LogP contribution in [0.25, 0.3) is 0 Å². The number of nitrogens with zero attached hydrogens (tertiary/aromatic N) is 2. The summed E-state index contributed by atoms with van der Waals surface area (Å²) in [6, 6.07) is 14.6. The second-order valence-electron chi connectivity index (χ2n) is 6.08. The molecular weight excluding hydrogens is 368 g/mol. The molecule has 27 heavy (non-hydrogen) atoms. The Morgan fingerprint density at radius 2 is 1.44 bits per heavy atom. The number of benzene rings is 2. The number of carbonyl (C=O) groups is 2. The number of hydrogen-bond acceptors (Lipinski definition) is 5. The molecule has 0 N–H and O–H groups in total. The third kappa shape index (κ3) is 4.01. The molecule has 1 heterocycles. The number of ether oxygens (including phenoxy) is 1. The lowest BCUT2D eigenvalue weighted by Gasteiger charge is -2.34. The Labute approximate surface area is 158 Å². The Morgan fingerprint density at radius 1 is 0.852 bits per heavy atom. The van der Waals surface area contributed by atoms with Crippen LogP contribution in [0.4, 0.5) is 0 Å². The smallest absolute Gasteiger partial charge is 0.337 e. The third-order valence-electron chi connectivity index (χ3n) is 4.46. The summed E-state index contributed by atoms with van der Waals surface area (Å²) in [6.07, 6.45) is 0. The van der Waals surface area contributed by atoms with Crippen LogP contribution in [0.2, 0.25) is 0 Å². The van der Waals surface area contributed by atoms with Crippen LogP contribution < -0.4 is 0 Å². The number of sulfonamides is 1. The number of rotatable bonds is 4. The maximum atomic E-state index is 12.8. The SMILES string of the molecule is COC(=O)c1ccc(S(=O)(=O)N2CCN(C(=O)c3ccccc3)CC2)cc1. The topological polar surface area (TPSA) is 84.0 Å². The quantitative estimate of drug-likeness (QED) is 0.743. The minimum absolute atomic E-state index is 0.102. The summed E-state index contributed by atoms with van der Waals surface area (Å²) in [6.45, 7) is 1.10. The molecule has 0 aromatic heterocycles. The standard InChI is InChI=1S/C19H20N2O5S/c1-26-19(23)16-7-9-17(10-8-16)27(24,25)21-13-11-20(12-14-21)18(22)15-5-3-2-4-6-15/h2-10H,11-14H2,1H3. The van der Waals surface area contributed by atoms with E-state index in [1.54, 1.807) is 29.2 Å². The Balaban J connectivity index is 1.68. The molecule has 0 bridgehead atoms. The van der Waals surface area contributed by atoms with Crippen LogP contribution >= 0.6 is 0 Å². The highest BCUT2D eigenvalue weighted by molar-refractivity contribution is 7.89. The van der Waals surface area contributed by atoms with Gasteiger partial charge >= 0.3 is 5.97 Å². The average molecular weight is 388 g/mol.